The van der Waals surface area contributed by atoms with Gasteiger partial charge in [0.15, 0.2) is 0 Å². The van der Waals surface area contributed by atoms with Gasteiger partial charge < -0.3 is 49.6 Å². The van der Waals surface area contributed by atoms with Crippen LogP contribution in [-0.2, 0) is 22.3 Å². The first kappa shape index (κ1) is 43.7. The fraction of sp³-hybridized carbons (Fsp3) is 0.429. The number of aliphatic hydroxyl groups is 6. The quantitative estimate of drug-likeness (QED) is 0.112. The zero-order chi connectivity index (χ0) is 40.7. The van der Waals surface area contributed by atoms with Crippen molar-refractivity contribution in [1.82, 2.24) is 0 Å². The van der Waals surface area contributed by atoms with Crippen LogP contribution in [0.15, 0.2) is 84.9 Å². The molecule has 2 saturated heterocycles. The summed E-state index contributed by atoms with van der Waals surface area (Å²) in [5, 5.41) is 61.4. The minimum Gasteiger partial charge on any atom is -0.497 e. The second-order valence-corrected chi connectivity index (χ2v) is 15.0. The molecule has 0 bridgehead atoms. The van der Waals surface area contributed by atoms with Crippen molar-refractivity contribution >= 4 is 23.2 Å². The Kier molecular flexibility index (Phi) is 15.5. The summed E-state index contributed by atoms with van der Waals surface area (Å²) in [6, 6.07) is 25.5. The Morgan fingerprint density at radius 3 is 1.32 bits per heavy atom. The van der Waals surface area contributed by atoms with Gasteiger partial charge in [-0.2, -0.15) is 0 Å². The molecular formula is C42H48Cl2F2O10. The first-order chi connectivity index (χ1) is 26.7. The van der Waals surface area contributed by atoms with Gasteiger partial charge >= 0.3 is 0 Å². The number of halogens is 4. The van der Waals surface area contributed by atoms with Crippen LogP contribution in [0.4, 0.5) is 8.78 Å². The fourth-order valence-electron chi connectivity index (χ4n) is 6.66. The highest BCUT2D eigenvalue weighted by atomic mass is 35.5. The van der Waals surface area contributed by atoms with E-state index in [0.29, 0.717) is 34.0 Å². The third-order valence-corrected chi connectivity index (χ3v) is 10.5. The maximum absolute atomic E-state index is 13.2. The van der Waals surface area contributed by atoms with Gasteiger partial charge in [0.2, 0.25) is 0 Å². The molecule has 304 valence electrons. The summed E-state index contributed by atoms with van der Waals surface area (Å²) in [7, 11) is 1.60. The summed E-state index contributed by atoms with van der Waals surface area (Å²) in [5.41, 5.74) is 4.74. The number of methoxy groups -OCH3 is 1. The SMILES string of the molecule is CC(C)Oc1ccc(Cc2cc([C@@H]3O[C@H](CF)[C@@H](O)[C@H](O)[C@H]3O)ccc2Cl)cc1.COc1ccc(Cc2cc([C@@H]3O[C@H](CF)[C@@H](O)[C@H](O)[C@H]3O)ccc2Cl)cc1. The number of benzene rings is 4. The summed E-state index contributed by atoms with van der Waals surface area (Å²) in [6.45, 7) is 2.00. The van der Waals surface area contributed by atoms with Crippen LogP contribution in [0.2, 0.25) is 10.0 Å². The number of hydrogen-bond donors (Lipinski definition) is 6. The molecule has 4 aromatic rings. The Hall–Kier alpha value is -3.40. The highest BCUT2D eigenvalue weighted by molar-refractivity contribution is 6.31. The van der Waals surface area contributed by atoms with Gasteiger partial charge in [-0.05, 0) is 96.5 Å². The van der Waals surface area contributed by atoms with E-state index in [1.54, 1.807) is 43.5 Å². The molecule has 10 atom stereocenters. The molecule has 2 aliphatic rings. The lowest BCUT2D eigenvalue weighted by Gasteiger charge is -2.40. The molecule has 0 saturated carbocycles. The number of rotatable bonds is 11. The third kappa shape index (κ3) is 10.6. The Morgan fingerprint density at radius 2 is 0.964 bits per heavy atom. The monoisotopic (exact) mass is 820 g/mol. The van der Waals surface area contributed by atoms with Gasteiger partial charge in [0.25, 0.3) is 0 Å². The molecule has 0 radical (unpaired) electrons. The summed E-state index contributed by atoms with van der Waals surface area (Å²) in [6.07, 6.45) is -11.9. The average Bonchev–Trinajstić information content (AvgIpc) is 3.19. The van der Waals surface area contributed by atoms with Gasteiger partial charge in [-0.1, -0.05) is 71.7 Å². The van der Waals surface area contributed by atoms with Crippen LogP contribution in [0.3, 0.4) is 0 Å². The lowest BCUT2D eigenvalue weighted by molar-refractivity contribution is -0.227. The van der Waals surface area contributed by atoms with Crippen molar-refractivity contribution in [3.05, 3.63) is 128 Å². The van der Waals surface area contributed by atoms with Gasteiger partial charge in [-0.15, -0.1) is 0 Å². The number of ether oxygens (including phenoxy) is 4. The first-order valence-corrected chi connectivity index (χ1v) is 19.0. The van der Waals surface area contributed by atoms with E-state index in [-0.39, 0.29) is 6.10 Å². The van der Waals surface area contributed by atoms with E-state index in [1.807, 2.05) is 62.4 Å². The summed E-state index contributed by atoms with van der Waals surface area (Å²) < 4.78 is 48.1. The van der Waals surface area contributed by atoms with E-state index in [1.165, 1.54) is 0 Å². The lowest BCUT2D eigenvalue weighted by atomic mass is 9.90. The predicted molar refractivity (Wildman–Crippen MR) is 207 cm³/mol. The molecule has 0 aromatic heterocycles. The standard InChI is InChI=1S/C22H26ClFO5.C20H22ClFO5/c1-12(2)28-16-6-3-13(4-7-16)9-15-10-14(5-8-17(15)23)22-21(27)20(26)19(25)18(11-24)29-22;1-26-14-5-2-11(3-6-14)8-13-9-12(4-7-15(13)21)20-19(25)18(24)17(23)16(10-22)27-20/h3-8,10,12,18-22,25-27H,9,11H2,1-2H3;2-7,9,16-20,23-25H,8,10H2,1H3/t18-,19-,20+,21-,22+;16-,17-,18+,19-,20+/m11/s1. The first-order valence-electron chi connectivity index (χ1n) is 18.2. The van der Waals surface area contributed by atoms with Crippen LogP contribution >= 0.6 is 23.2 Å². The molecule has 0 unspecified atom stereocenters. The summed E-state index contributed by atoms with van der Waals surface area (Å²) in [5.74, 6) is 1.54. The van der Waals surface area contributed by atoms with Gasteiger partial charge in [0, 0.05) is 10.0 Å². The molecule has 10 nitrogen and oxygen atoms in total. The van der Waals surface area contributed by atoms with Crippen molar-refractivity contribution in [2.75, 3.05) is 20.5 Å². The Labute approximate surface area is 334 Å². The zero-order valence-electron chi connectivity index (χ0n) is 31.1. The average molecular weight is 822 g/mol. The molecule has 0 amide bonds. The van der Waals surface area contributed by atoms with Crippen LogP contribution in [0.1, 0.15) is 59.4 Å². The van der Waals surface area contributed by atoms with E-state index < -0.39 is 74.4 Å². The smallest absolute Gasteiger partial charge is 0.119 e. The van der Waals surface area contributed by atoms with Gasteiger partial charge in [0.05, 0.1) is 13.2 Å². The van der Waals surface area contributed by atoms with Crippen molar-refractivity contribution in [2.45, 2.75) is 93.8 Å². The maximum Gasteiger partial charge on any atom is 0.119 e. The number of aliphatic hydroxyl groups excluding tert-OH is 6. The Balaban J connectivity index is 0.000000215. The van der Waals surface area contributed by atoms with Crippen LogP contribution in [0.5, 0.6) is 11.5 Å². The molecular weight excluding hydrogens is 773 g/mol. The fourth-order valence-corrected chi connectivity index (χ4v) is 7.03. The van der Waals surface area contributed by atoms with E-state index in [2.05, 4.69) is 0 Å². The van der Waals surface area contributed by atoms with Crippen LogP contribution < -0.4 is 9.47 Å². The minimum absolute atomic E-state index is 0.0934. The Bertz CT molecular complexity index is 1850. The third-order valence-electron chi connectivity index (χ3n) is 9.77. The molecule has 4 aromatic carbocycles. The van der Waals surface area contributed by atoms with E-state index in [4.69, 9.17) is 42.1 Å². The summed E-state index contributed by atoms with van der Waals surface area (Å²) in [4.78, 5) is 0. The topological polar surface area (TPSA) is 158 Å². The van der Waals surface area contributed by atoms with Crippen LogP contribution in [0.25, 0.3) is 0 Å². The van der Waals surface area contributed by atoms with Gasteiger partial charge in [0.1, 0.15) is 85.9 Å². The van der Waals surface area contributed by atoms with Crippen LogP contribution in [-0.4, -0.2) is 106 Å². The van der Waals surface area contributed by atoms with E-state index >= 15 is 0 Å². The predicted octanol–water partition coefficient (Wildman–Crippen LogP) is 5.64. The van der Waals surface area contributed by atoms with E-state index in [9.17, 15) is 39.4 Å². The van der Waals surface area contributed by atoms with Gasteiger partial charge in [-0.25, -0.2) is 8.78 Å². The molecule has 2 fully saturated rings. The Morgan fingerprint density at radius 1 is 0.571 bits per heavy atom. The van der Waals surface area contributed by atoms with Crippen molar-refractivity contribution in [1.29, 1.82) is 0 Å². The molecule has 2 aliphatic heterocycles. The largest absolute Gasteiger partial charge is 0.497 e. The second kappa shape index (κ2) is 19.8. The minimum atomic E-state index is -1.50. The molecule has 0 aliphatic carbocycles. The highest BCUT2D eigenvalue weighted by Gasteiger charge is 2.45. The van der Waals surface area contributed by atoms with Crippen molar-refractivity contribution < 1.29 is 58.4 Å². The lowest BCUT2D eigenvalue weighted by Crippen LogP contribution is -2.54. The van der Waals surface area contributed by atoms with Crippen molar-refractivity contribution in [2.24, 2.45) is 0 Å². The molecule has 6 N–H and O–H groups in total. The number of alkyl halides is 2. The molecule has 2 heterocycles. The van der Waals surface area contributed by atoms with E-state index in [0.717, 1.165) is 33.8 Å². The van der Waals surface area contributed by atoms with Crippen molar-refractivity contribution in [3.8, 4) is 11.5 Å². The maximum atomic E-state index is 13.2. The van der Waals surface area contributed by atoms with Crippen LogP contribution in [0, 0.1) is 0 Å². The number of hydrogen-bond acceptors (Lipinski definition) is 10. The molecule has 6 rings (SSSR count). The highest BCUT2D eigenvalue weighted by Crippen LogP contribution is 2.36. The molecule has 56 heavy (non-hydrogen) atoms. The molecule has 14 heteroatoms. The zero-order valence-corrected chi connectivity index (χ0v) is 32.6. The second-order valence-electron chi connectivity index (χ2n) is 14.2. The summed E-state index contributed by atoms with van der Waals surface area (Å²) >= 11 is 12.7. The molecule has 0 spiro atoms. The van der Waals surface area contributed by atoms with Gasteiger partial charge in [-0.3, -0.25) is 0 Å². The normalized spacial score (nSPS) is 27.7. The van der Waals surface area contributed by atoms with Crippen molar-refractivity contribution in [3.63, 3.8) is 0 Å².